The molecule has 7 heteroatoms. The first-order valence-corrected chi connectivity index (χ1v) is 8.84. The van der Waals surface area contributed by atoms with Gasteiger partial charge in [-0.15, -0.1) is 11.3 Å². The molecular formula is C14H18N2O3S2. The van der Waals surface area contributed by atoms with Gasteiger partial charge >= 0.3 is 0 Å². The number of aliphatic hydroxyl groups is 1. The van der Waals surface area contributed by atoms with E-state index in [1.54, 1.807) is 31.5 Å². The van der Waals surface area contributed by atoms with Crippen LogP contribution < -0.4 is 4.72 Å². The van der Waals surface area contributed by atoms with Crippen LogP contribution in [0.1, 0.15) is 34.7 Å². The molecule has 21 heavy (non-hydrogen) atoms. The lowest BCUT2D eigenvalue weighted by atomic mass is 10.1. The van der Waals surface area contributed by atoms with Gasteiger partial charge in [0.2, 0.25) is 10.0 Å². The minimum absolute atomic E-state index is 0.184. The van der Waals surface area contributed by atoms with Gasteiger partial charge in [0, 0.05) is 11.6 Å². The van der Waals surface area contributed by atoms with E-state index in [0.717, 1.165) is 5.56 Å². The van der Waals surface area contributed by atoms with E-state index >= 15 is 0 Å². The number of nitrogens with zero attached hydrogens (tertiary/aromatic N) is 1. The Hall–Kier alpha value is -1.28. The molecule has 1 unspecified atom stereocenters. The molecule has 2 N–H and O–H groups in total. The van der Waals surface area contributed by atoms with Crippen molar-refractivity contribution in [2.75, 3.05) is 0 Å². The summed E-state index contributed by atoms with van der Waals surface area (Å²) in [5.41, 5.74) is 2.15. The first-order valence-electron chi connectivity index (χ1n) is 6.48. The number of rotatable bonds is 5. The Morgan fingerprint density at radius 1 is 1.33 bits per heavy atom. The van der Waals surface area contributed by atoms with Crippen LogP contribution in [0.25, 0.3) is 0 Å². The van der Waals surface area contributed by atoms with Gasteiger partial charge in [0.05, 0.1) is 17.5 Å². The first-order chi connectivity index (χ1) is 9.85. The summed E-state index contributed by atoms with van der Waals surface area (Å²) in [6, 6.07) is 2.91. The Balaban J connectivity index is 2.36. The van der Waals surface area contributed by atoms with Crippen molar-refractivity contribution in [3.8, 4) is 0 Å². The molecule has 0 saturated carbocycles. The number of aryl methyl sites for hydroxylation is 2. The van der Waals surface area contributed by atoms with Gasteiger partial charge in [-0.05, 0) is 43.5 Å². The standard InChI is InChI=1S/C14H18N2O3S2/c1-9-6-10(2)13(7-12(9)8-17)21(18,19)16-11(3)14-15-4-5-20-14/h4-7,11,16-17H,8H2,1-3H3. The van der Waals surface area contributed by atoms with Gasteiger partial charge in [0.25, 0.3) is 0 Å². The SMILES string of the molecule is Cc1cc(C)c(S(=O)(=O)NC(C)c2nccs2)cc1CO. The molecule has 114 valence electrons. The third kappa shape index (κ3) is 3.49. The number of hydrogen-bond acceptors (Lipinski definition) is 5. The first kappa shape index (κ1) is 16.1. The van der Waals surface area contributed by atoms with Gasteiger partial charge < -0.3 is 5.11 Å². The smallest absolute Gasteiger partial charge is 0.241 e. The van der Waals surface area contributed by atoms with E-state index in [1.807, 2.05) is 6.92 Å². The fourth-order valence-corrected chi connectivity index (χ4v) is 4.33. The van der Waals surface area contributed by atoms with E-state index in [2.05, 4.69) is 9.71 Å². The highest BCUT2D eigenvalue weighted by atomic mass is 32.2. The van der Waals surface area contributed by atoms with E-state index < -0.39 is 16.1 Å². The minimum atomic E-state index is -3.66. The highest BCUT2D eigenvalue weighted by Crippen LogP contribution is 2.23. The van der Waals surface area contributed by atoms with Gasteiger partial charge in [0.1, 0.15) is 5.01 Å². The molecule has 0 aliphatic carbocycles. The lowest BCUT2D eigenvalue weighted by Gasteiger charge is -2.15. The highest BCUT2D eigenvalue weighted by Gasteiger charge is 2.22. The Morgan fingerprint density at radius 2 is 2.05 bits per heavy atom. The summed E-state index contributed by atoms with van der Waals surface area (Å²) in [5.74, 6) is 0. The molecule has 0 aliphatic rings. The summed E-state index contributed by atoms with van der Waals surface area (Å²) in [6.07, 6.45) is 1.64. The lowest BCUT2D eigenvalue weighted by Crippen LogP contribution is -2.27. The number of sulfonamides is 1. The van der Waals surface area contributed by atoms with Gasteiger partial charge in [-0.3, -0.25) is 0 Å². The normalized spacial score (nSPS) is 13.3. The van der Waals surface area contributed by atoms with Crippen LogP contribution in [0.3, 0.4) is 0 Å². The molecule has 2 aromatic rings. The number of hydrogen-bond donors (Lipinski definition) is 2. The molecule has 1 atom stereocenters. The molecule has 5 nitrogen and oxygen atoms in total. The zero-order valence-corrected chi connectivity index (χ0v) is 13.8. The van der Waals surface area contributed by atoms with Crippen LogP contribution >= 0.6 is 11.3 Å². The van der Waals surface area contributed by atoms with Crippen molar-refractivity contribution in [2.24, 2.45) is 0 Å². The Bertz CT molecular complexity index is 725. The predicted octanol–water partition coefficient (Wildman–Crippen LogP) is 2.29. The summed E-state index contributed by atoms with van der Waals surface area (Å²) < 4.78 is 27.7. The van der Waals surface area contributed by atoms with Crippen LogP contribution in [0.4, 0.5) is 0 Å². The van der Waals surface area contributed by atoms with Crippen molar-refractivity contribution in [2.45, 2.75) is 38.3 Å². The molecule has 0 radical (unpaired) electrons. The second-order valence-electron chi connectivity index (χ2n) is 4.92. The number of thiazole rings is 1. The number of aliphatic hydroxyl groups excluding tert-OH is 1. The molecular weight excluding hydrogens is 308 g/mol. The minimum Gasteiger partial charge on any atom is -0.392 e. The molecule has 1 heterocycles. The number of nitrogens with one attached hydrogen (secondary N) is 1. The second kappa shape index (κ2) is 6.23. The molecule has 1 aromatic heterocycles. The van der Waals surface area contributed by atoms with Gasteiger partial charge in [0.15, 0.2) is 0 Å². The Labute approximate surface area is 128 Å². The van der Waals surface area contributed by atoms with Crippen molar-refractivity contribution in [3.05, 3.63) is 45.4 Å². The molecule has 0 saturated heterocycles. The maximum atomic E-state index is 12.5. The average Bonchev–Trinajstić information content (AvgIpc) is 2.91. The van der Waals surface area contributed by atoms with Gasteiger partial charge in [-0.1, -0.05) is 6.07 Å². The largest absolute Gasteiger partial charge is 0.392 e. The van der Waals surface area contributed by atoms with Crippen LogP contribution in [0, 0.1) is 13.8 Å². The highest BCUT2D eigenvalue weighted by molar-refractivity contribution is 7.89. The van der Waals surface area contributed by atoms with E-state index in [9.17, 15) is 13.5 Å². The molecule has 0 aliphatic heterocycles. The van der Waals surface area contributed by atoms with E-state index in [1.165, 1.54) is 17.4 Å². The van der Waals surface area contributed by atoms with Crippen molar-refractivity contribution in [1.29, 1.82) is 0 Å². The van der Waals surface area contributed by atoms with Crippen molar-refractivity contribution >= 4 is 21.4 Å². The van der Waals surface area contributed by atoms with E-state index in [4.69, 9.17) is 0 Å². The maximum absolute atomic E-state index is 12.5. The van der Waals surface area contributed by atoms with Crippen LogP contribution in [0.15, 0.2) is 28.6 Å². The third-order valence-corrected chi connectivity index (χ3v) is 5.89. The molecule has 0 amide bonds. The van der Waals surface area contributed by atoms with E-state index in [-0.39, 0.29) is 11.5 Å². The van der Waals surface area contributed by atoms with Crippen LogP contribution in [-0.4, -0.2) is 18.5 Å². The van der Waals surface area contributed by atoms with Crippen molar-refractivity contribution in [1.82, 2.24) is 9.71 Å². The van der Waals surface area contributed by atoms with Crippen LogP contribution in [-0.2, 0) is 16.6 Å². The fourth-order valence-electron chi connectivity index (χ4n) is 2.13. The van der Waals surface area contributed by atoms with E-state index in [0.29, 0.717) is 16.1 Å². The zero-order valence-electron chi connectivity index (χ0n) is 12.1. The van der Waals surface area contributed by atoms with Crippen LogP contribution in [0.5, 0.6) is 0 Å². The quantitative estimate of drug-likeness (QED) is 0.883. The monoisotopic (exact) mass is 326 g/mol. The molecule has 1 aromatic carbocycles. The van der Waals surface area contributed by atoms with Gasteiger partial charge in [-0.2, -0.15) is 0 Å². The molecule has 2 rings (SSSR count). The summed E-state index contributed by atoms with van der Waals surface area (Å²) in [6.45, 7) is 5.17. The molecule has 0 fully saturated rings. The zero-order chi connectivity index (χ0) is 15.6. The maximum Gasteiger partial charge on any atom is 0.241 e. The average molecular weight is 326 g/mol. The van der Waals surface area contributed by atoms with Crippen molar-refractivity contribution in [3.63, 3.8) is 0 Å². The fraction of sp³-hybridized carbons (Fsp3) is 0.357. The topological polar surface area (TPSA) is 79.3 Å². The number of benzene rings is 1. The second-order valence-corrected chi connectivity index (χ2v) is 7.52. The summed E-state index contributed by atoms with van der Waals surface area (Å²) in [7, 11) is -3.66. The third-order valence-electron chi connectivity index (χ3n) is 3.25. The Kier molecular flexibility index (Phi) is 4.77. The lowest BCUT2D eigenvalue weighted by molar-refractivity contribution is 0.280. The summed E-state index contributed by atoms with van der Waals surface area (Å²) in [5, 5.41) is 11.8. The number of aromatic nitrogens is 1. The van der Waals surface area contributed by atoms with Crippen molar-refractivity contribution < 1.29 is 13.5 Å². The molecule has 0 bridgehead atoms. The predicted molar refractivity (Wildman–Crippen MR) is 82.7 cm³/mol. The summed E-state index contributed by atoms with van der Waals surface area (Å²) >= 11 is 1.40. The summed E-state index contributed by atoms with van der Waals surface area (Å²) in [4.78, 5) is 4.31. The Morgan fingerprint density at radius 3 is 2.62 bits per heavy atom. The van der Waals surface area contributed by atoms with Crippen LogP contribution in [0.2, 0.25) is 0 Å². The molecule has 0 spiro atoms. The van der Waals surface area contributed by atoms with Gasteiger partial charge in [-0.25, -0.2) is 18.1 Å².